The first-order chi connectivity index (χ1) is 8.06. The van der Waals surface area contributed by atoms with Gasteiger partial charge in [-0.1, -0.05) is 11.8 Å². The van der Waals surface area contributed by atoms with Crippen molar-refractivity contribution in [2.75, 3.05) is 5.75 Å². The van der Waals surface area contributed by atoms with Crippen molar-refractivity contribution >= 4 is 28.6 Å². The Bertz CT molecular complexity index is 528. The van der Waals surface area contributed by atoms with E-state index in [-0.39, 0.29) is 5.84 Å². The normalized spacial score (nSPS) is 10.9. The number of nitrogens with one attached hydrogen (secondary N) is 2. The van der Waals surface area contributed by atoms with Crippen molar-refractivity contribution in [2.24, 2.45) is 5.73 Å². The second-order valence-corrected chi connectivity index (χ2v) is 4.53. The summed E-state index contributed by atoms with van der Waals surface area (Å²) in [5, 5.41) is 7.62. The molecule has 1 aromatic carbocycles. The van der Waals surface area contributed by atoms with Gasteiger partial charge in [-0.05, 0) is 0 Å². The lowest BCUT2D eigenvalue weighted by Gasteiger charge is -1.95. The Labute approximate surface area is 100 Å². The number of hydrogen-bond acceptors (Lipinski definition) is 3. The van der Waals surface area contributed by atoms with Crippen molar-refractivity contribution in [3.8, 4) is 0 Å². The van der Waals surface area contributed by atoms with Crippen LogP contribution in [-0.4, -0.2) is 21.6 Å². The van der Waals surface area contributed by atoms with Gasteiger partial charge in [0.05, 0.1) is 16.9 Å². The Morgan fingerprint density at radius 2 is 2.12 bits per heavy atom. The van der Waals surface area contributed by atoms with Gasteiger partial charge in [-0.2, -0.15) is 0 Å². The summed E-state index contributed by atoms with van der Waals surface area (Å²) in [5.41, 5.74) is 6.05. The molecule has 2 aromatic rings. The molecule has 1 heterocycles. The Balaban J connectivity index is 2.17. The Kier molecular flexibility index (Phi) is 3.28. The predicted molar refractivity (Wildman–Crippen MR) is 63.3 cm³/mol. The van der Waals surface area contributed by atoms with E-state index >= 15 is 0 Å². The number of fused-ring (bicyclic) bond motifs is 1. The topological polar surface area (TPSA) is 78.6 Å². The highest BCUT2D eigenvalue weighted by molar-refractivity contribution is 7.99. The third-order valence-electron chi connectivity index (χ3n) is 2.11. The summed E-state index contributed by atoms with van der Waals surface area (Å²) >= 11 is 1.35. The highest BCUT2D eigenvalue weighted by atomic mass is 32.2. The van der Waals surface area contributed by atoms with Crippen LogP contribution in [0.4, 0.5) is 8.78 Å². The lowest BCUT2D eigenvalue weighted by Crippen LogP contribution is -2.09. The number of hydrogen-bond donors (Lipinski definition) is 3. The standard InChI is InChI=1S/C10H10F2N4S/c11-5-3-7-8(4-6(5)12)16-10(15-7)17-2-1-9(13)14/h3-4H,1-2H2,(H3,13,14)(H,15,16). The van der Waals surface area contributed by atoms with Crippen LogP contribution in [-0.2, 0) is 0 Å². The van der Waals surface area contributed by atoms with Crippen LogP contribution in [0.1, 0.15) is 6.42 Å². The van der Waals surface area contributed by atoms with E-state index in [1.54, 1.807) is 0 Å². The first kappa shape index (κ1) is 11.8. The maximum atomic E-state index is 12.9. The van der Waals surface area contributed by atoms with E-state index in [0.717, 1.165) is 12.1 Å². The fraction of sp³-hybridized carbons (Fsp3) is 0.200. The Morgan fingerprint density at radius 3 is 2.82 bits per heavy atom. The van der Waals surface area contributed by atoms with E-state index in [1.807, 2.05) is 0 Å². The fourth-order valence-electron chi connectivity index (χ4n) is 1.31. The largest absolute Gasteiger partial charge is 0.388 e. The molecule has 0 saturated carbocycles. The van der Waals surface area contributed by atoms with E-state index in [9.17, 15) is 8.78 Å². The van der Waals surface area contributed by atoms with E-state index in [0.29, 0.717) is 28.4 Å². The Hall–Kier alpha value is -1.63. The molecule has 0 aliphatic heterocycles. The van der Waals surface area contributed by atoms with Crippen molar-refractivity contribution in [1.29, 1.82) is 5.41 Å². The molecule has 0 atom stereocenters. The van der Waals surface area contributed by atoms with Crippen LogP contribution in [0.5, 0.6) is 0 Å². The molecule has 0 fully saturated rings. The minimum Gasteiger partial charge on any atom is -0.388 e. The summed E-state index contributed by atoms with van der Waals surface area (Å²) in [5.74, 6) is -1.11. The first-order valence-corrected chi connectivity index (χ1v) is 5.85. The molecule has 0 aliphatic carbocycles. The maximum Gasteiger partial charge on any atom is 0.166 e. The molecular weight excluding hydrogens is 246 g/mol. The van der Waals surface area contributed by atoms with Gasteiger partial charge in [-0.3, -0.25) is 5.41 Å². The third kappa shape index (κ3) is 2.73. The number of aromatic amines is 1. The molecule has 17 heavy (non-hydrogen) atoms. The van der Waals surface area contributed by atoms with Gasteiger partial charge in [0, 0.05) is 24.3 Å². The number of amidine groups is 1. The van der Waals surface area contributed by atoms with Crippen molar-refractivity contribution in [3.63, 3.8) is 0 Å². The molecular formula is C10H10F2N4S. The van der Waals surface area contributed by atoms with Crippen LogP contribution in [0.25, 0.3) is 11.0 Å². The zero-order valence-electron chi connectivity index (χ0n) is 8.76. The lowest BCUT2D eigenvalue weighted by molar-refractivity contribution is 0.510. The molecule has 0 spiro atoms. The van der Waals surface area contributed by atoms with Crippen molar-refractivity contribution in [2.45, 2.75) is 11.6 Å². The summed E-state index contributed by atoms with van der Waals surface area (Å²) < 4.78 is 25.9. The number of benzene rings is 1. The molecule has 90 valence electrons. The van der Waals surface area contributed by atoms with Gasteiger partial charge >= 0.3 is 0 Å². The zero-order valence-corrected chi connectivity index (χ0v) is 9.57. The van der Waals surface area contributed by atoms with E-state index in [1.165, 1.54) is 11.8 Å². The van der Waals surface area contributed by atoms with Gasteiger partial charge in [0.25, 0.3) is 0 Å². The van der Waals surface area contributed by atoms with Crippen LogP contribution >= 0.6 is 11.8 Å². The molecule has 0 saturated heterocycles. The SMILES string of the molecule is N=C(N)CCSc1nc2cc(F)c(F)cc2[nH]1. The second kappa shape index (κ2) is 4.70. The number of imidazole rings is 1. The fourth-order valence-corrected chi connectivity index (χ4v) is 2.17. The predicted octanol–water partition coefficient (Wildman–Crippen LogP) is 2.26. The quantitative estimate of drug-likeness (QED) is 0.446. The smallest absolute Gasteiger partial charge is 0.166 e. The summed E-state index contributed by atoms with van der Waals surface area (Å²) in [6.07, 6.45) is 0.449. The highest BCUT2D eigenvalue weighted by Gasteiger charge is 2.08. The van der Waals surface area contributed by atoms with Crippen LogP contribution in [0, 0.1) is 17.0 Å². The maximum absolute atomic E-state index is 12.9. The third-order valence-corrected chi connectivity index (χ3v) is 2.99. The number of thioether (sulfide) groups is 1. The number of H-pyrrole nitrogens is 1. The summed E-state index contributed by atoms with van der Waals surface area (Å²) in [7, 11) is 0. The zero-order chi connectivity index (χ0) is 12.4. The summed E-state index contributed by atoms with van der Waals surface area (Å²) in [4.78, 5) is 6.97. The van der Waals surface area contributed by atoms with E-state index in [2.05, 4.69) is 9.97 Å². The molecule has 0 bridgehead atoms. The molecule has 0 amide bonds. The monoisotopic (exact) mass is 256 g/mol. The molecule has 4 nitrogen and oxygen atoms in total. The van der Waals surface area contributed by atoms with E-state index in [4.69, 9.17) is 11.1 Å². The van der Waals surface area contributed by atoms with Gasteiger partial charge in [-0.15, -0.1) is 0 Å². The lowest BCUT2D eigenvalue weighted by atomic mass is 10.3. The molecule has 0 unspecified atom stereocenters. The van der Waals surface area contributed by atoms with E-state index < -0.39 is 11.6 Å². The molecule has 0 aliphatic rings. The van der Waals surface area contributed by atoms with Crippen LogP contribution < -0.4 is 5.73 Å². The van der Waals surface area contributed by atoms with Crippen molar-refractivity contribution in [1.82, 2.24) is 9.97 Å². The number of aromatic nitrogens is 2. The average molecular weight is 256 g/mol. The summed E-state index contributed by atoms with van der Waals surface area (Å²) in [6.45, 7) is 0. The van der Waals surface area contributed by atoms with Crippen LogP contribution in [0.15, 0.2) is 17.3 Å². The van der Waals surface area contributed by atoms with Crippen LogP contribution in [0.2, 0.25) is 0 Å². The Morgan fingerprint density at radius 1 is 1.41 bits per heavy atom. The molecule has 2 rings (SSSR count). The van der Waals surface area contributed by atoms with Gasteiger partial charge in [-0.25, -0.2) is 13.8 Å². The summed E-state index contributed by atoms with van der Waals surface area (Å²) in [6, 6.07) is 2.13. The second-order valence-electron chi connectivity index (χ2n) is 3.45. The number of rotatable bonds is 4. The molecule has 4 N–H and O–H groups in total. The van der Waals surface area contributed by atoms with Gasteiger partial charge in [0.1, 0.15) is 0 Å². The average Bonchev–Trinajstić information content (AvgIpc) is 2.60. The highest BCUT2D eigenvalue weighted by Crippen LogP contribution is 2.21. The minimum absolute atomic E-state index is 0.103. The first-order valence-electron chi connectivity index (χ1n) is 4.86. The molecule has 7 heteroatoms. The number of nitrogens with two attached hydrogens (primary N) is 1. The van der Waals surface area contributed by atoms with Crippen molar-refractivity contribution in [3.05, 3.63) is 23.8 Å². The van der Waals surface area contributed by atoms with Crippen LogP contribution in [0.3, 0.4) is 0 Å². The van der Waals surface area contributed by atoms with Gasteiger partial charge in [0.2, 0.25) is 0 Å². The number of halogens is 2. The van der Waals surface area contributed by atoms with Gasteiger partial charge < -0.3 is 10.7 Å². The molecule has 0 radical (unpaired) electrons. The molecule has 1 aromatic heterocycles. The number of nitrogens with zero attached hydrogens (tertiary/aromatic N) is 1. The van der Waals surface area contributed by atoms with Crippen molar-refractivity contribution < 1.29 is 8.78 Å². The minimum atomic E-state index is -0.913. The van der Waals surface area contributed by atoms with Gasteiger partial charge in [0.15, 0.2) is 16.8 Å².